The van der Waals surface area contributed by atoms with Crippen LogP contribution in [0.3, 0.4) is 0 Å². The summed E-state index contributed by atoms with van der Waals surface area (Å²) < 4.78 is 41.7. The van der Waals surface area contributed by atoms with Gasteiger partial charge in [-0.2, -0.15) is 14.4 Å². The molecule has 0 aromatic carbocycles. The topological polar surface area (TPSA) is 127 Å². The molecule has 3 aromatic rings. The minimum atomic E-state index is -3.84. The van der Waals surface area contributed by atoms with Crippen LogP contribution in [-0.4, -0.2) is 53.8 Å². The van der Waals surface area contributed by atoms with Gasteiger partial charge in [0, 0.05) is 26.8 Å². The summed E-state index contributed by atoms with van der Waals surface area (Å²) in [6.07, 6.45) is 2.04. The molecule has 11 heteroatoms. The quantitative estimate of drug-likeness (QED) is 0.626. The molecule has 0 aliphatic carbocycles. The van der Waals surface area contributed by atoms with E-state index in [2.05, 4.69) is 20.3 Å². The number of rotatable bonds is 8. The minimum absolute atomic E-state index is 0.0671. The molecule has 134 valence electrons. The van der Waals surface area contributed by atoms with E-state index in [4.69, 9.17) is 13.7 Å². The number of hydrogen-bond acceptors (Lipinski definition) is 8. The summed E-state index contributed by atoms with van der Waals surface area (Å²) in [5, 5.41) is 10.1. The number of methoxy groups -OCH3 is 1. The third kappa shape index (κ3) is 3.78. The summed E-state index contributed by atoms with van der Waals surface area (Å²) in [6.45, 7) is 0.387. The predicted octanol–water partition coefficient (Wildman–Crippen LogP) is 1.06. The zero-order chi connectivity index (χ0) is 17.9. The van der Waals surface area contributed by atoms with Gasteiger partial charge in [-0.3, -0.25) is 5.10 Å². The zero-order valence-corrected chi connectivity index (χ0v) is 14.5. The Morgan fingerprint density at radius 3 is 2.88 bits per heavy atom. The van der Waals surface area contributed by atoms with E-state index < -0.39 is 10.0 Å². The Labute approximate surface area is 143 Å². The van der Waals surface area contributed by atoms with Crippen molar-refractivity contribution in [1.29, 1.82) is 0 Å². The Morgan fingerprint density at radius 1 is 1.32 bits per heavy atom. The van der Waals surface area contributed by atoms with Crippen LogP contribution in [0.4, 0.5) is 0 Å². The van der Waals surface area contributed by atoms with E-state index in [1.54, 1.807) is 25.4 Å². The highest BCUT2D eigenvalue weighted by Gasteiger charge is 2.27. The number of sulfonamides is 1. The van der Waals surface area contributed by atoms with Crippen LogP contribution >= 0.6 is 0 Å². The molecule has 10 nitrogen and oxygen atoms in total. The van der Waals surface area contributed by atoms with Gasteiger partial charge in [-0.1, -0.05) is 5.16 Å². The number of nitrogens with one attached hydrogen (secondary N) is 1. The molecule has 0 radical (unpaired) electrons. The number of nitrogens with zero attached hydrogens (tertiary/aromatic N) is 4. The monoisotopic (exact) mass is 367 g/mol. The van der Waals surface area contributed by atoms with E-state index in [0.717, 1.165) is 4.31 Å². The fraction of sp³-hybridized carbons (Fsp3) is 0.357. The number of hydrogen-bond donors (Lipinski definition) is 1. The highest BCUT2D eigenvalue weighted by atomic mass is 32.2. The van der Waals surface area contributed by atoms with Crippen molar-refractivity contribution in [3.63, 3.8) is 0 Å². The maximum atomic E-state index is 12.6. The standard InChI is InChI=1S/C14H17N5O5S/c1-19(9-13-16-12(18-24-13)6-8-22-2)25(20,21)14-4-3-11(23-14)10-5-7-15-17-10/h3-5,7H,6,8-9H2,1-2H3,(H,15,17). The lowest BCUT2D eigenvalue weighted by Gasteiger charge is -2.12. The van der Waals surface area contributed by atoms with Gasteiger partial charge in [-0.15, -0.1) is 0 Å². The van der Waals surface area contributed by atoms with Gasteiger partial charge in [-0.25, -0.2) is 8.42 Å². The van der Waals surface area contributed by atoms with Crippen molar-refractivity contribution in [1.82, 2.24) is 24.6 Å². The number of furan rings is 1. The Bertz CT molecular complexity index is 915. The van der Waals surface area contributed by atoms with E-state index in [0.29, 0.717) is 30.3 Å². The first-order valence-electron chi connectivity index (χ1n) is 7.37. The van der Waals surface area contributed by atoms with Gasteiger partial charge in [0.25, 0.3) is 10.0 Å². The van der Waals surface area contributed by atoms with E-state index in [9.17, 15) is 8.42 Å². The lowest BCUT2D eigenvalue weighted by atomic mass is 10.3. The summed E-state index contributed by atoms with van der Waals surface area (Å²) >= 11 is 0. The summed E-state index contributed by atoms with van der Waals surface area (Å²) in [5.41, 5.74) is 0.587. The Hall–Kier alpha value is -2.50. The SMILES string of the molecule is COCCc1noc(CN(C)S(=O)(=O)c2ccc(-c3ccn[nH]3)o2)n1. The largest absolute Gasteiger partial charge is 0.442 e. The number of ether oxygens (including phenoxy) is 1. The van der Waals surface area contributed by atoms with Crippen LogP contribution in [0.15, 0.2) is 38.4 Å². The van der Waals surface area contributed by atoms with Crippen molar-refractivity contribution in [2.45, 2.75) is 18.1 Å². The molecule has 0 saturated carbocycles. The molecule has 3 rings (SSSR count). The van der Waals surface area contributed by atoms with Crippen molar-refractivity contribution in [2.24, 2.45) is 0 Å². The second-order valence-electron chi connectivity index (χ2n) is 5.20. The van der Waals surface area contributed by atoms with Crippen molar-refractivity contribution in [3.05, 3.63) is 36.1 Å². The molecule has 0 bridgehead atoms. The van der Waals surface area contributed by atoms with Crippen LogP contribution in [0.2, 0.25) is 0 Å². The molecule has 0 atom stereocenters. The first-order valence-corrected chi connectivity index (χ1v) is 8.81. The molecule has 3 heterocycles. The summed E-state index contributed by atoms with van der Waals surface area (Å²) in [4.78, 5) is 4.13. The minimum Gasteiger partial charge on any atom is -0.442 e. The average Bonchev–Trinajstić information content (AvgIpc) is 3.32. The van der Waals surface area contributed by atoms with Gasteiger partial charge >= 0.3 is 0 Å². The average molecular weight is 367 g/mol. The number of aromatic nitrogens is 4. The predicted molar refractivity (Wildman–Crippen MR) is 84.8 cm³/mol. The highest BCUT2D eigenvalue weighted by molar-refractivity contribution is 7.88. The van der Waals surface area contributed by atoms with Gasteiger partial charge in [0.15, 0.2) is 11.6 Å². The fourth-order valence-corrected chi connectivity index (χ4v) is 3.10. The van der Waals surface area contributed by atoms with E-state index in [1.165, 1.54) is 13.1 Å². The van der Waals surface area contributed by atoms with E-state index in [1.807, 2.05) is 0 Å². The lowest BCUT2D eigenvalue weighted by molar-refractivity contribution is 0.199. The molecule has 0 amide bonds. The van der Waals surface area contributed by atoms with Crippen LogP contribution in [0, 0.1) is 0 Å². The van der Waals surface area contributed by atoms with Crippen LogP contribution in [0.5, 0.6) is 0 Å². The molecule has 0 aliphatic rings. The highest BCUT2D eigenvalue weighted by Crippen LogP contribution is 2.24. The van der Waals surface area contributed by atoms with Gasteiger partial charge in [-0.05, 0) is 18.2 Å². The Balaban J connectivity index is 1.72. The van der Waals surface area contributed by atoms with Gasteiger partial charge < -0.3 is 13.7 Å². The summed E-state index contributed by atoms with van der Waals surface area (Å²) in [5.74, 6) is 1.03. The second-order valence-corrected chi connectivity index (χ2v) is 7.17. The lowest BCUT2D eigenvalue weighted by Crippen LogP contribution is -2.26. The fourth-order valence-electron chi connectivity index (χ4n) is 2.07. The molecule has 0 aliphatic heterocycles. The molecule has 0 saturated heterocycles. The molecular weight excluding hydrogens is 350 g/mol. The Kier molecular flexibility index (Phi) is 4.97. The third-order valence-electron chi connectivity index (χ3n) is 3.41. The van der Waals surface area contributed by atoms with Crippen molar-refractivity contribution in [3.8, 4) is 11.5 Å². The maximum Gasteiger partial charge on any atom is 0.276 e. The third-order valence-corrected chi connectivity index (χ3v) is 5.09. The van der Waals surface area contributed by atoms with E-state index >= 15 is 0 Å². The smallest absolute Gasteiger partial charge is 0.276 e. The number of H-pyrrole nitrogens is 1. The molecule has 1 N–H and O–H groups in total. The van der Waals surface area contributed by atoms with Crippen LogP contribution < -0.4 is 0 Å². The molecule has 0 fully saturated rings. The van der Waals surface area contributed by atoms with Gasteiger partial charge in [0.05, 0.1) is 13.2 Å². The molecular formula is C14H17N5O5S. The van der Waals surface area contributed by atoms with E-state index in [-0.39, 0.29) is 17.5 Å². The van der Waals surface area contributed by atoms with Crippen LogP contribution in [-0.2, 0) is 27.7 Å². The van der Waals surface area contributed by atoms with Gasteiger partial charge in [0.1, 0.15) is 5.69 Å². The van der Waals surface area contributed by atoms with Crippen molar-refractivity contribution in [2.75, 3.05) is 20.8 Å². The summed E-state index contributed by atoms with van der Waals surface area (Å²) in [6, 6.07) is 4.63. The summed E-state index contributed by atoms with van der Waals surface area (Å²) in [7, 11) is -0.854. The second kappa shape index (κ2) is 7.17. The van der Waals surface area contributed by atoms with Crippen molar-refractivity contribution >= 4 is 10.0 Å². The maximum absolute atomic E-state index is 12.6. The van der Waals surface area contributed by atoms with Crippen molar-refractivity contribution < 1.29 is 22.1 Å². The van der Waals surface area contributed by atoms with Crippen LogP contribution in [0.25, 0.3) is 11.5 Å². The normalized spacial score (nSPS) is 12.1. The first-order chi connectivity index (χ1) is 12.0. The molecule has 0 spiro atoms. The first kappa shape index (κ1) is 17.3. The van der Waals surface area contributed by atoms with Gasteiger partial charge in [0.2, 0.25) is 11.0 Å². The molecule has 25 heavy (non-hydrogen) atoms. The Morgan fingerprint density at radius 2 is 2.16 bits per heavy atom. The molecule has 3 aromatic heterocycles. The molecule has 0 unspecified atom stereocenters. The number of aromatic amines is 1. The zero-order valence-electron chi connectivity index (χ0n) is 13.7. The van der Waals surface area contributed by atoms with Crippen LogP contribution in [0.1, 0.15) is 11.7 Å².